The lowest BCUT2D eigenvalue weighted by molar-refractivity contribution is -0.134. The molecule has 2 aromatic rings. The number of ether oxygens (including phenoxy) is 3. The Morgan fingerprint density at radius 1 is 0.964 bits per heavy atom. The number of carbonyl (C=O) groups is 2. The highest BCUT2D eigenvalue weighted by Gasteiger charge is 2.29. The average Bonchev–Trinajstić information content (AvgIpc) is 3.22. The number of piperazine rings is 1. The van der Waals surface area contributed by atoms with Crippen LogP contribution in [0, 0.1) is 0 Å². The van der Waals surface area contributed by atoms with Crippen molar-refractivity contribution in [2.75, 3.05) is 39.6 Å². The van der Waals surface area contributed by atoms with Gasteiger partial charge in [0.25, 0.3) is 11.8 Å². The van der Waals surface area contributed by atoms with Crippen LogP contribution in [0.4, 0.5) is 0 Å². The molecule has 7 nitrogen and oxygen atoms in total. The van der Waals surface area contributed by atoms with Gasteiger partial charge in [-0.1, -0.05) is 17.7 Å². The van der Waals surface area contributed by atoms with Gasteiger partial charge in [-0.25, -0.2) is 0 Å². The van der Waals surface area contributed by atoms with Crippen molar-refractivity contribution in [1.29, 1.82) is 0 Å². The summed E-state index contributed by atoms with van der Waals surface area (Å²) in [6.45, 7) is 1.90. The van der Waals surface area contributed by atoms with E-state index in [2.05, 4.69) is 0 Å². The summed E-state index contributed by atoms with van der Waals surface area (Å²) in [5.74, 6) is 1.43. The maximum atomic E-state index is 12.8. The molecule has 2 amide bonds. The molecule has 146 valence electrons. The smallest absolute Gasteiger partial charge is 0.260 e. The van der Waals surface area contributed by atoms with E-state index in [1.54, 1.807) is 52.3 Å². The largest absolute Gasteiger partial charge is 0.484 e. The quantitative estimate of drug-likeness (QED) is 0.785. The zero-order valence-corrected chi connectivity index (χ0v) is 15.9. The first-order valence-corrected chi connectivity index (χ1v) is 9.33. The Hall–Kier alpha value is -2.93. The third kappa shape index (κ3) is 3.84. The number of carbonyl (C=O) groups excluding carboxylic acids is 2. The molecule has 28 heavy (non-hydrogen) atoms. The molecule has 0 unspecified atom stereocenters. The number of fused-ring (bicyclic) bond motifs is 1. The Bertz CT molecular complexity index is 879. The Morgan fingerprint density at radius 3 is 2.43 bits per heavy atom. The fraction of sp³-hybridized carbons (Fsp3) is 0.300. The minimum atomic E-state index is -0.119. The Kier molecular flexibility index (Phi) is 5.25. The Morgan fingerprint density at radius 2 is 1.68 bits per heavy atom. The van der Waals surface area contributed by atoms with Gasteiger partial charge in [-0.3, -0.25) is 9.59 Å². The highest BCUT2D eigenvalue weighted by atomic mass is 35.5. The first-order valence-electron chi connectivity index (χ1n) is 8.96. The van der Waals surface area contributed by atoms with Crippen LogP contribution in [0.2, 0.25) is 5.02 Å². The third-order valence-corrected chi connectivity index (χ3v) is 4.97. The lowest BCUT2D eigenvalue weighted by atomic mass is 10.1. The maximum absolute atomic E-state index is 12.8. The SMILES string of the molecule is O=C(COc1ccc(Cl)cc1)N1CCN(C(=O)c2cccc3c2OCO3)CC1. The van der Waals surface area contributed by atoms with E-state index in [9.17, 15) is 9.59 Å². The number of hydrogen-bond acceptors (Lipinski definition) is 5. The van der Waals surface area contributed by atoms with Crippen molar-refractivity contribution in [2.24, 2.45) is 0 Å². The van der Waals surface area contributed by atoms with Crippen molar-refractivity contribution in [2.45, 2.75) is 0 Å². The Labute approximate surface area is 167 Å². The van der Waals surface area contributed by atoms with Crippen molar-refractivity contribution < 1.29 is 23.8 Å². The highest BCUT2D eigenvalue weighted by molar-refractivity contribution is 6.30. The van der Waals surface area contributed by atoms with Crippen molar-refractivity contribution in [3.05, 3.63) is 53.1 Å². The first-order chi connectivity index (χ1) is 13.6. The van der Waals surface area contributed by atoms with Crippen LogP contribution in [-0.2, 0) is 4.79 Å². The molecule has 0 aliphatic carbocycles. The summed E-state index contributed by atoms with van der Waals surface area (Å²) in [4.78, 5) is 28.6. The van der Waals surface area contributed by atoms with Crippen LogP contribution in [0.1, 0.15) is 10.4 Å². The van der Waals surface area contributed by atoms with E-state index in [-0.39, 0.29) is 25.2 Å². The highest BCUT2D eigenvalue weighted by Crippen LogP contribution is 2.36. The fourth-order valence-electron chi connectivity index (χ4n) is 3.20. The summed E-state index contributed by atoms with van der Waals surface area (Å²) in [7, 11) is 0. The molecule has 1 fully saturated rings. The number of halogens is 1. The zero-order valence-electron chi connectivity index (χ0n) is 15.1. The number of para-hydroxylation sites is 1. The van der Waals surface area contributed by atoms with Crippen LogP contribution in [0.15, 0.2) is 42.5 Å². The molecule has 0 saturated carbocycles. The summed E-state index contributed by atoms with van der Waals surface area (Å²) < 4.78 is 16.3. The monoisotopic (exact) mass is 402 g/mol. The zero-order chi connectivity index (χ0) is 19.5. The lowest BCUT2D eigenvalue weighted by Crippen LogP contribution is -2.51. The van der Waals surface area contributed by atoms with E-state index in [1.807, 2.05) is 0 Å². The van der Waals surface area contributed by atoms with Gasteiger partial charge < -0.3 is 24.0 Å². The fourth-order valence-corrected chi connectivity index (χ4v) is 3.32. The number of amides is 2. The summed E-state index contributed by atoms with van der Waals surface area (Å²) in [6.07, 6.45) is 0. The number of hydrogen-bond donors (Lipinski definition) is 0. The van der Waals surface area contributed by atoms with Crippen LogP contribution < -0.4 is 14.2 Å². The molecule has 4 rings (SSSR count). The number of nitrogens with zero attached hydrogens (tertiary/aromatic N) is 2. The summed E-state index contributed by atoms with van der Waals surface area (Å²) >= 11 is 5.83. The minimum Gasteiger partial charge on any atom is -0.484 e. The second-order valence-corrected chi connectivity index (χ2v) is 6.89. The van der Waals surface area contributed by atoms with Crippen molar-refractivity contribution in [1.82, 2.24) is 9.80 Å². The van der Waals surface area contributed by atoms with E-state index < -0.39 is 0 Å². The van der Waals surface area contributed by atoms with E-state index in [0.717, 1.165) is 0 Å². The average molecular weight is 403 g/mol. The van der Waals surface area contributed by atoms with E-state index in [4.69, 9.17) is 25.8 Å². The number of rotatable bonds is 4. The molecule has 0 aromatic heterocycles. The van der Waals surface area contributed by atoms with Crippen LogP contribution in [0.25, 0.3) is 0 Å². The maximum Gasteiger partial charge on any atom is 0.260 e. The predicted octanol–water partition coefficient (Wildman–Crippen LogP) is 2.43. The van der Waals surface area contributed by atoms with Gasteiger partial charge in [0.1, 0.15) is 5.75 Å². The van der Waals surface area contributed by atoms with Gasteiger partial charge in [0.05, 0.1) is 5.56 Å². The van der Waals surface area contributed by atoms with Crippen molar-refractivity contribution in [3.8, 4) is 17.2 Å². The molecule has 2 aliphatic heterocycles. The van der Waals surface area contributed by atoms with Gasteiger partial charge in [-0.15, -0.1) is 0 Å². The van der Waals surface area contributed by atoms with Gasteiger partial charge in [0.15, 0.2) is 18.1 Å². The molecule has 0 bridgehead atoms. The van der Waals surface area contributed by atoms with Gasteiger partial charge in [0, 0.05) is 31.2 Å². The molecule has 2 aliphatic rings. The molecule has 0 radical (unpaired) electrons. The molecule has 0 N–H and O–H groups in total. The molecule has 0 atom stereocenters. The minimum absolute atomic E-state index is 0.0487. The molecule has 8 heteroatoms. The first kappa shape index (κ1) is 18.4. The Balaban J connectivity index is 1.30. The summed E-state index contributed by atoms with van der Waals surface area (Å²) in [5, 5.41) is 0.612. The van der Waals surface area contributed by atoms with Gasteiger partial charge in [-0.05, 0) is 36.4 Å². The van der Waals surface area contributed by atoms with Crippen molar-refractivity contribution >= 4 is 23.4 Å². The van der Waals surface area contributed by atoms with Crippen LogP contribution >= 0.6 is 11.6 Å². The van der Waals surface area contributed by atoms with Gasteiger partial charge in [0.2, 0.25) is 6.79 Å². The standard InChI is InChI=1S/C20H19ClN2O5/c21-14-4-6-15(7-5-14)26-12-18(24)22-8-10-23(11-9-22)20(25)16-2-1-3-17-19(16)28-13-27-17/h1-7H,8-13H2. The molecular weight excluding hydrogens is 384 g/mol. The van der Waals surface area contributed by atoms with E-state index >= 15 is 0 Å². The molecular formula is C20H19ClN2O5. The summed E-state index contributed by atoms with van der Waals surface area (Å²) in [5.41, 5.74) is 0.487. The number of benzene rings is 2. The van der Waals surface area contributed by atoms with E-state index in [0.29, 0.717) is 54.0 Å². The molecule has 2 heterocycles. The van der Waals surface area contributed by atoms with Crippen LogP contribution in [0.3, 0.4) is 0 Å². The molecule has 2 aromatic carbocycles. The lowest BCUT2D eigenvalue weighted by Gasteiger charge is -2.34. The molecule has 0 spiro atoms. The third-order valence-electron chi connectivity index (χ3n) is 4.72. The normalized spacial score (nSPS) is 15.5. The molecule has 1 saturated heterocycles. The second-order valence-electron chi connectivity index (χ2n) is 6.45. The van der Waals surface area contributed by atoms with E-state index in [1.165, 1.54) is 0 Å². The van der Waals surface area contributed by atoms with Crippen molar-refractivity contribution in [3.63, 3.8) is 0 Å². The predicted molar refractivity (Wildman–Crippen MR) is 102 cm³/mol. The topological polar surface area (TPSA) is 68.3 Å². The van der Waals surface area contributed by atoms with Gasteiger partial charge >= 0.3 is 0 Å². The second kappa shape index (κ2) is 7.98. The van der Waals surface area contributed by atoms with Crippen LogP contribution in [0.5, 0.6) is 17.2 Å². The van der Waals surface area contributed by atoms with Crippen LogP contribution in [-0.4, -0.2) is 61.2 Å². The van der Waals surface area contributed by atoms with Gasteiger partial charge in [-0.2, -0.15) is 0 Å². The summed E-state index contributed by atoms with van der Waals surface area (Å²) in [6, 6.07) is 12.1.